The first kappa shape index (κ1) is 58.1. The summed E-state index contributed by atoms with van der Waals surface area (Å²) in [6.07, 6.45) is 49.6. The van der Waals surface area contributed by atoms with Crippen LogP contribution in [0.5, 0.6) is 0 Å². The Labute approximate surface area is 372 Å². The Morgan fingerprint density at radius 1 is 0.607 bits per heavy atom. The number of carbonyl (C=O) groups is 2. The number of unbranched alkanes of at least 4 members (excludes halogenated alkanes) is 13. The molecule has 2 unspecified atom stereocenters. The van der Waals surface area contributed by atoms with Crippen LogP contribution in [0.3, 0.4) is 0 Å². The molecular formula is C50H87NO9P+. The first-order valence-corrected chi connectivity index (χ1v) is 24.9. The van der Waals surface area contributed by atoms with Crippen LogP contribution in [-0.2, 0) is 32.7 Å². The molecule has 0 saturated carbocycles. The molecule has 10 nitrogen and oxygen atoms in total. The number of allylic oxidation sites excluding steroid dienone is 12. The third kappa shape index (κ3) is 45.0. The summed E-state index contributed by atoms with van der Waals surface area (Å²) in [6, 6.07) is 0. The van der Waals surface area contributed by atoms with Crippen molar-refractivity contribution in [1.82, 2.24) is 0 Å². The number of hydrogen-bond acceptors (Lipinski definition) is 8. The Balaban J connectivity index is 4.51. The maximum Gasteiger partial charge on any atom is 0.472 e. The van der Waals surface area contributed by atoms with Gasteiger partial charge in [-0.3, -0.25) is 18.6 Å². The van der Waals surface area contributed by atoms with E-state index in [4.69, 9.17) is 18.5 Å². The summed E-state index contributed by atoms with van der Waals surface area (Å²) in [6.45, 7) is 4.12. The minimum absolute atomic E-state index is 0.00717. The third-order valence-corrected chi connectivity index (χ3v) is 10.5. The van der Waals surface area contributed by atoms with E-state index in [0.717, 1.165) is 51.4 Å². The van der Waals surface area contributed by atoms with Crippen molar-refractivity contribution in [3.05, 3.63) is 85.1 Å². The van der Waals surface area contributed by atoms with Gasteiger partial charge in [-0.25, -0.2) is 4.57 Å². The first-order valence-electron chi connectivity index (χ1n) is 23.4. The van der Waals surface area contributed by atoms with Gasteiger partial charge in [0.25, 0.3) is 0 Å². The molecule has 0 heterocycles. The van der Waals surface area contributed by atoms with E-state index in [-0.39, 0.29) is 26.1 Å². The van der Waals surface area contributed by atoms with Crippen molar-refractivity contribution in [2.75, 3.05) is 47.5 Å². The summed E-state index contributed by atoms with van der Waals surface area (Å²) < 4.78 is 34.2. The molecule has 0 aromatic carbocycles. The van der Waals surface area contributed by atoms with Gasteiger partial charge in [0.15, 0.2) is 6.10 Å². The molecule has 0 aromatic heterocycles. The summed E-state index contributed by atoms with van der Waals surface area (Å²) >= 11 is 0. The Morgan fingerprint density at radius 3 is 1.80 bits per heavy atom. The lowest BCUT2D eigenvalue weighted by Crippen LogP contribution is -2.37. The van der Waals surface area contributed by atoms with Crippen LogP contribution in [-0.4, -0.2) is 86.1 Å². The van der Waals surface area contributed by atoms with Crippen molar-refractivity contribution in [2.45, 2.75) is 174 Å². The number of phosphoric ester groups is 1. The number of quaternary nitrogens is 1. The fraction of sp³-hybridized carbons (Fsp3) is 0.680. The van der Waals surface area contributed by atoms with E-state index in [1.807, 2.05) is 63.7 Å². The SMILES string of the molecule is CC/C=C\C/C=C\CC(O)/C=C/C=C\C/C=C\C/C=C\CCC(=O)OC[C@H](COP(=O)(O)OCC[N+](C)(C)C)OC(=O)CCCCCCCCC/C=C\CCCCCCCC. The first-order chi connectivity index (χ1) is 29.4. The smallest absolute Gasteiger partial charge is 0.462 e. The number of aliphatic hydroxyl groups is 1. The highest BCUT2D eigenvalue weighted by atomic mass is 31.2. The van der Waals surface area contributed by atoms with Crippen molar-refractivity contribution in [2.24, 2.45) is 0 Å². The van der Waals surface area contributed by atoms with Gasteiger partial charge in [0.05, 0.1) is 33.9 Å². The monoisotopic (exact) mass is 877 g/mol. The van der Waals surface area contributed by atoms with Crippen LogP contribution in [0.2, 0.25) is 0 Å². The largest absolute Gasteiger partial charge is 0.472 e. The fourth-order valence-corrected chi connectivity index (χ4v) is 6.57. The van der Waals surface area contributed by atoms with Crippen LogP contribution >= 0.6 is 7.82 Å². The molecule has 11 heteroatoms. The van der Waals surface area contributed by atoms with E-state index in [1.165, 1.54) is 64.2 Å². The highest BCUT2D eigenvalue weighted by Gasteiger charge is 2.27. The van der Waals surface area contributed by atoms with E-state index >= 15 is 0 Å². The molecule has 0 fully saturated rings. The number of nitrogens with zero attached hydrogens (tertiary/aromatic N) is 1. The van der Waals surface area contributed by atoms with Crippen molar-refractivity contribution >= 4 is 19.8 Å². The second-order valence-electron chi connectivity index (χ2n) is 16.6. The molecule has 0 radical (unpaired) electrons. The summed E-state index contributed by atoms with van der Waals surface area (Å²) in [7, 11) is 1.39. The van der Waals surface area contributed by atoms with Gasteiger partial charge in [-0.2, -0.15) is 0 Å². The van der Waals surface area contributed by atoms with Crippen LogP contribution in [0.15, 0.2) is 85.1 Å². The number of rotatable bonds is 41. The second-order valence-corrected chi connectivity index (χ2v) is 18.1. The van der Waals surface area contributed by atoms with Gasteiger partial charge in [0.1, 0.15) is 19.8 Å². The lowest BCUT2D eigenvalue weighted by Gasteiger charge is -2.24. The van der Waals surface area contributed by atoms with Crippen molar-refractivity contribution in [3.63, 3.8) is 0 Å². The van der Waals surface area contributed by atoms with Gasteiger partial charge >= 0.3 is 19.8 Å². The van der Waals surface area contributed by atoms with Crippen LogP contribution in [0.25, 0.3) is 0 Å². The summed E-state index contributed by atoms with van der Waals surface area (Å²) in [5.74, 6) is -0.937. The fourth-order valence-electron chi connectivity index (χ4n) is 5.82. The molecule has 0 aliphatic rings. The van der Waals surface area contributed by atoms with Crippen LogP contribution < -0.4 is 0 Å². The molecule has 0 aliphatic carbocycles. The molecule has 0 bridgehead atoms. The topological polar surface area (TPSA) is 129 Å². The van der Waals surface area contributed by atoms with Crippen molar-refractivity contribution in [1.29, 1.82) is 0 Å². The Kier molecular flexibility index (Phi) is 39.3. The van der Waals surface area contributed by atoms with E-state index in [1.54, 1.807) is 6.08 Å². The summed E-state index contributed by atoms with van der Waals surface area (Å²) in [4.78, 5) is 35.4. The van der Waals surface area contributed by atoms with E-state index < -0.39 is 38.6 Å². The maximum atomic E-state index is 12.7. The Bertz CT molecular complexity index is 1330. The number of aliphatic hydroxyl groups excluding tert-OH is 1. The van der Waals surface area contributed by atoms with E-state index in [9.17, 15) is 24.2 Å². The third-order valence-electron chi connectivity index (χ3n) is 9.50. The molecule has 61 heavy (non-hydrogen) atoms. The Morgan fingerprint density at radius 2 is 1.16 bits per heavy atom. The molecule has 0 aromatic rings. The average molecular weight is 877 g/mol. The zero-order chi connectivity index (χ0) is 45.1. The number of carbonyl (C=O) groups excluding carboxylic acids is 2. The second kappa shape index (κ2) is 41.2. The number of hydrogen-bond donors (Lipinski definition) is 2. The number of ether oxygens (including phenoxy) is 2. The van der Waals surface area contributed by atoms with Gasteiger partial charge in [0, 0.05) is 12.8 Å². The lowest BCUT2D eigenvalue weighted by atomic mass is 10.1. The molecule has 0 amide bonds. The standard InChI is InChI=1S/C50H86NO9P/c1-6-8-10-12-14-15-16-17-18-19-20-21-22-27-30-34-38-42-50(54)60-48(46-59-61(55,56)58-44-43-51(3,4)5)45-57-49(53)41-37-33-29-26-24-23-25-28-32-36-40-47(52)39-35-31-13-11-9-7-2/h9,11,17-18,23-24,28-29,31-33,35-36,40,47-48,52H,6-8,10,12-16,19-22,25-27,30,34,37-39,41-46H2,1-5H3/p+1/b11-9-,18-17-,24-23-,32-28-,33-29-,35-31-,40-36+/t47?,48-/m1/s1. The average Bonchev–Trinajstić information content (AvgIpc) is 3.21. The predicted molar refractivity (Wildman–Crippen MR) is 253 cm³/mol. The maximum absolute atomic E-state index is 12.7. The molecule has 0 spiro atoms. The van der Waals surface area contributed by atoms with E-state index in [0.29, 0.717) is 30.3 Å². The summed E-state index contributed by atoms with van der Waals surface area (Å²) in [5.41, 5.74) is 0. The molecule has 0 aliphatic heterocycles. The highest BCUT2D eigenvalue weighted by Crippen LogP contribution is 2.43. The van der Waals surface area contributed by atoms with Crippen molar-refractivity contribution < 1.29 is 47.2 Å². The van der Waals surface area contributed by atoms with Crippen molar-refractivity contribution in [3.8, 4) is 0 Å². The van der Waals surface area contributed by atoms with Crippen LogP contribution in [0, 0.1) is 0 Å². The Hall–Kier alpha value is -2.85. The number of esters is 2. The quantitative estimate of drug-likeness (QED) is 0.0154. The number of phosphoric acid groups is 1. The molecule has 3 atom stereocenters. The normalized spacial score (nSPS) is 14.8. The van der Waals surface area contributed by atoms with Gasteiger partial charge in [-0.1, -0.05) is 163 Å². The minimum atomic E-state index is -4.41. The van der Waals surface area contributed by atoms with Gasteiger partial charge in [-0.15, -0.1) is 0 Å². The zero-order valence-electron chi connectivity index (χ0n) is 39.0. The number of likely N-dealkylation sites (N-methyl/N-ethyl adjacent to an activating group) is 1. The predicted octanol–water partition coefficient (Wildman–Crippen LogP) is 12.5. The molecule has 350 valence electrons. The van der Waals surface area contributed by atoms with Crippen LogP contribution in [0.1, 0.15) is 162 Å². The van der Waals surface area contributed by atoms with Gasteiger partial charge in [-0.05, 0) is 70.6 Å². The van der Waals surface area contributed by atoms with E-state index in [2.05, 4.69) is 50.3 Å². The summed E-state index contributed by atoms with van der Waals surface area (Å²) in [5, 5.41) is 10.0. The highest BCUT2D eigenvalue weighted by molar-refractivity contribution is 7.47. The molecular weight excluding hydrogens is 790 g/mol. The molecule has 0 rings (SSSR count). The van der Waals surface area contributed by atoms with Gasteiger partial charge < -0.3 is 24.0 Å². The minimum Gasteiger partial charge on any atom is -0.462 e. The van der Waals surface area contributed by atoms with Crippen LogP contribution in [0.4, 0.5) is 0 Å². The van der Waals surface area contributed by atoms with Gasteiger partial charge in [0.2, 0.25) is 0 Å². The zero-order valence-corrected chi connectivity index (χ0v) is 39.9. The molecule has 2 N–H and O–H groups in total. The lowest BCUT2D eigenvalue weighted by molar-refractivity contribution is -0.870. The molecule has 0 saturated heterocycles.